The highest BCUT2D eigenvalue weighted by atomic mass is 79.9. The van der Waals surface area contributed by atoms with Gasteiger partial charge >= 0.3 is 0 Å². The molecule has 6 nitrogen and oxygen atoms in total. The maximum atomic E-state index is 12.8. The van der Waals surface area contributed by atoms with Gasteiger partial charge in [0.2, 0.25) is 5.89 Å². The van der Waals surface area contributed by atoms with E-state index >= 15 is 0 Å². The third-order valence-corrected chi connectivity index (χ3v) is 5.55. The van der Waals surface area contributed by atoms with Gasteiger partial charge in [0, 0.05) is 16.6 Å². The Morgan fingerprint density at radius 2 is 2.04 bits per heavy atom. The third kappa shape index (κ3) is 2.65. The average Bonchev–Trinajstić information content (AvgIpc) is 3.21. The van der Waals surface area contributed by atoms with Crippen LogP contribution in [0.15, 0.2) is 33.3 Å². The van der Waals surface area contributed by atoms with Gasteiger partial charge in [-0.05, 0) is 56.4 Å². The van der Waals surface area contributed by atoms with Gasteiger partial charge < -0.3 is 15.2 Å². The smallest absolute Gasteiger partial charge is 0.254 e. The van der Waals surface area contributed by atoms with E-state index in [2.05, 4.69) is 26.1 Å². The van der Waals surface area contributed by atoms with Gasteiger partial charge in [-0.25, -0.2) is 0 Å². The van der Waals surface area contributed by atoms with E-state index in [1.165, 1.54) is 0 Å². The zero-order chi connectivity index (χ0) is 16.7. The first kappa shape index (κ1) is 15.8. The molecule has 2 aromatic rings. The van der Waals surface area contributed by atoms with Crippen molar-refractivity contribution in [1.29, 1.82) is 0 Å². The molecule has 1 aliphatic heterocycles. The van der Waals surface area contributed by atoms with Crippen molar-refractivity contribution >= 4 is 21.8 Å². The molecule has 1 atom stereocenters. The van der Waals surface area contributed by atoms with Crippen LogP contribution in [0.25, 0.3) is 0 Å². The molecule has 24 heavy (non-hydrogen) atoms. The molecule has 126 valence electrons. The molecule has 1 unspecified atom stereocenters. The van der Waals surface area contributed by atoms with Crippen molar-refractivity contribution in [3.05, 3.63) is 46.0 Å². The molecule has 1 saturated heterocycles. The highest BCUT2D eigenvalue weighted by Crippen LogP contribution is 2.39. The van der Waals surface area contributed by atoms with Crippen molar-refractivity contribution < 1.29 is 9.32 Å². The number of carbonyl (C=O) groups excluding carboxylic acids is 1. The van der Waals surface area contributed by atoms with E-state index in [0.717, 1.165) is 36.6 Å². The van der Waals surface area contributed by atoms with Gasteiger partial charge in [0.25, 0.3) is 5.91 Å². The summed E-state index contributed by atoms with van der Waals surface area (Å²) in [5.74, 6) is 1.08. The fraction of sp³-hybridized carbons (Fsp3) is 0.471. The van der Waals surface area contributed by atoms with Crippen LogP contribution in [0.3, 0.4) is 0 Å². The number of hydrogen-bond donors (Lipinski definition) is 1. The number of rotatable bonds is 3. The minimum atomic E-state index is -0.444. The second-order valence-electron chi connectivity index (χ2n) is 6.63. The van der Waals surface area contributed by atoms with Crippen LogP contribution in [0.1, 0.15) is 60.2 Å². The lowest BCUT2D eigenvalue weighted by Gasteiger charge is -2.34. The van der Waals surface area contributed by atoms with E-state index in [1.54, 1.807) is 0 Å². The summed E-state index contributed by atoms with van der Waals surface area (Å²) < 4.78 is 6.41. The molecule has 0 bridgehead atoms. The summed E-state index contributed by atoms with van der Waals surface area (Å²) in [7, 11) is 0. The van der Waals surface area contributed by atoms with Crippen LogP contribution in [0.4, 0.5) is 0 Å². The van der Waals surface area contributed by atoms with E-state index in [1.807, 2.05) is 29.2 Å². The van der Waals surface area contributed by atoms with E-state index in [4.69, 9.17) is 10.3 Å². The first-order valence-electron chi connectivity index (χ1n) is 8.26. The Labute approximate surface area is 148 Å². The summed E-state index contributed by atoms with van der Waals surface area (Å²) in [6.07, 6.45) is 4.63. The monoisotopic (exact) mass is 390 g/mol. The Morgan fingerprint density at radius 1 is 1.29 bits per heavy atom. The molecule has 1 aliphatic carbocycles. The largest absolute Gasteiger partial charge is 0.337 e. The second-order valence-corrected chi connectivity index (χ2v) is 7.55. The number of amides is 1. The van der Waals surface area contributed by atoms with Gasteiger partial charge in [-0.15, -0.1) is 0 Å². The van der Waals surface area contributed by atoms with Crippen LogP contribution in [0.2, 0.25) is 0 Å². The number of nitrogens with two attached hydrogens (primary N) is 1. The minimum Gasteiger partial charge on any atom is -0.337 e. The molecule has 2 fully saturated rings. The van der Waals surface area contributed by atoms with Crippen molar-refractivity contribution in [2.75, 3.05) is 6.54 Å². The molecule has 2 aliphatic rings. The van der Waals surface area contributed by atoms with Gasteiger partial charge in [0.15, 0.2) is 5.82 Å². The van der Waals surface area contributed by atoms with Crippen molar-refractivity contribution in [2.24, 2.45) is 5.73 Å². The molecular formula is C17H19BrN4O2. The molecule has 1 aromatic carbocycles. The highest BCUT2D eigenvalue weighted by Gasteiger charge is 2.41. The van der Waals surface area contributed by atoms with E-state index in [0.29, 0.717) is 23.8 Å². The quantitative estimate of drug-likeness (QED) is 0.869. The standard InChI is InChI=1S/C17H19BrN4O2/c18-12-6-4-11(5-7-12)15(23)22-10-1-3-13(22)14-20-16(21-24-14)17(19)8-2-9-17/h4-7,13H,1-3,8-10,19H2. The molecular weight excluding hydrogens is 372 g/mol. The number of benzene rings is 1. The highest BCUT2D eigenvalue weighted by molar-refractivity contribution is 9.10. The molecule has 1 aromatic heterocycles. The molecule has 1 amide bonds. The Bertz CT molecular complexity index is 754. The van der Waals surface area contributed by atoms with E-state index in [-0.39, 0.29) is 11.9 Å². The maximum Gasteiger partial charge on any atom is 0.254 e. The lowest BCUT2D eigenvalue weighted by molar-refractivity contribution is 0.0710. The van der Waals surface area contributed by atoms with Crippen molar-refractivity contribution in [3.8, 4) is 0 Å². The van der Waals surface area contributed by atoms with Crippen LogP contribution < -0.4 is 5.73 Å². The summed E-state index contributed by atoms with van der Waals surface area (Å²) in [5.41, 5.74) is 6.49. The van der Waals surface area contributed by atoms with Gasteiger partial charge in [0.1, 0.15) is 6.04 Å². The normalized spacial score (nSPS) is 22.4. The fourth-order valence-electron chi connectivity index (χ4n) is 3.38. The van der Waals surface area contributed by atoms with Gasteiger partial charge in [0.05, 0.1) is 5.54 Å². The van der Waals surface area contributed by atoms with Crippen LogP contribution in [-0.2, 0) is 5.54 Å². The number of carbonyl (C=O) groups is 1. The molecule has 2 N–H and O–H groups in total. The van der Waals surface area contributed by atoms with Gasteiger partial charge in [-0.1, -0.05) is 21.1 Å². The molecule has 7 heteroatoms. The summed E-state index contributed by atoms with van der Waals surface area (Å²) >= 11 is 3.39. The maximum absolute atomic E-state index is 12.8. The first-order chi connectivity index (χ1) is 11.6. The van der Waals surface area contributed by atoms with Crippen molar-refractivity contribution in [3.63, 3.8) is 0 Å². The van der Waals surface area contributed by atoms with Gasteiger partial charge in [-0.2, -0.15) is 4.98 Å². The zero-order valence-electron chi connectivity index (χ0n) is 13.2. The fourth-order valence-corrected chi connectivity index (χ4v) is 3.64. The third-order valence-electron chi connectivity index (χ3n) is 5.02. The Kier molecular flexibility index (Phi) is 3.92. The molecule has 1 saturated carbocycles. The van der Waals surface area contributed by atoms with Crippen LogP contribution in [0, 0.1) is 0 Å². The van der Waals surface area contributed by atoms with Crippen LogP contribution >= 0.6 is 15.9 Å². The molecule has 0 radical (unpaired) electrons. The van der Waals surface area contributed by atoms with Gasteiger partial charge in [-0.3, -0.25) is 4.79 Å². The number of halogens is 1. The van der Waals surface area contributed by atoms with Crippen molar-refractivity contribution in [2.45, 2.75) is 43.7 Å². The molecule has 2 heterocycles. The predicted octanol–water partition coefficient (Wildman–Crippen LogP) is 3.15. The number of aromatic nitrogens is 2. The summed E-state index contributed by atoms with van der Waals surface area (Å²) in [4.78, 5) is 19.2. The summed E-state index contributed by atoms with van der Waals surface area (Å²) in [6, 6.07) is 7.23. The number of hydrogen-bond acceptors (Lipinski definition) is 5. The second kappa shape index (κ2) is 5.97. The number of likely N-dealkylation sites (tertiary alicyclic amines) is 1. The SMILES string of the molecule is NC1(c2noc(C3CCCN3C(=O)c3ccc(Br)cc3)n2)CCC1. The lowest BCUT2D eigenvalue weighted by atomic mass is 9.77. The first-order valence-corrected chi connectivity index (χ1v) is 9.06. The average molecular weight is 391 g/mol. The van der Waals surface area contributed by atoms with Crippen LogP contribution in [0.5, 0.6) is 0 Å². The minimum absolute atomic E-state index is 0.00384. The van der Waals surface area contributed by atoms with E-state index in [9.17, 15) is 4.79 Å². The van der Waals surface area contributed by atoms with E-state index < -0.39 is 5.54 Å². The molecule has 0 spiro atoms. The predicted molar refractivity (Wildman–Crippen MR) is 91.2 cm³/mol. The topological polar surface area (TPSA) is 85.2 Å². The summed E-state index contributed by atoms with van der Waals surface area (Å²) in [5, 5.41) is 4.08. The Morgan fingerprint density at radius 3 is 2.71 bits per heavy atom. The zero-order valence-corrected chi connectivity index (χ0v) is 14.8. The van der Waals surface area contributed by atoms with Crippen LogP contribution in [-0.4, -0.2) is 27.5 Å². The lowest BCUT2D eigenvalue weighted by Crippen LogP contribution is -2.44. The van der Waals surface area contributed by atoms with Crippen molar-refractivity contribution in [1.82, 2.24) is 15.0 Å². The Hall–Kier alpha value is -1.73. The Balaban J connectivity index is 1.56. The molecule has 4 rings (SSSR count). The summed E-state index contributed by atoms with van der Waals surface area (Å²) in [6.45, 7) is 0.699. The number of nitrogens with zero attached hydrogens (tertiary/aromatic N) is 3.